The molecule has 1 unspecified atom stereocenters. The quantitative estimate of drug-likeness (QED) is 0.868. The SMILES string of the molecule is CCOCC(O)c1ccc(Br)o1. The third-order valence-electron chi connectivity index (χ3n) is 1.40. The number of hydrogen-bond donors (Lipinski definition) is 1. The Morgan fingerprint density at radius 2 is 2.42 bits per heavy atom. The van der Waals surface area contributed by atoms with E-state index < -0.39 is 6.10 Å². The lowest BCUT2D eigenvalue weighted by Gasteiger charge is -2.06. The Morgan fingerprint density at radius 1 is 1.67 bits per heavy atom. The predicted octanol–water partition coefficient (Wildman–Crippen LogP) is 2.11. The predicted molar refractivity (Wildman–Crippen MR) is 47.9 cm³/mol. The minimum absolute atomic E-state index is 0.274. The van der Waals surface area contributed by atoms with E-state index in [-0.39, 0.29) is 6.61 Å². The summed E-state index contributed by atoms with van der Waals surface area (Å²) in [5, 5.41) is 9.43. The largest absolute Gasteiger partial charge is 0.452 e. The van der Waals surface area contributed by atoms with Crippen molar-refractivity contribution in [2.45, 2.75) is 13.0 Å². The summed E-state index contributed by atoms with van der Waals surface area (Å²) in [5.74, 6) is 0.523. The fourth-order valence-corrected chi connectivity index (χ4v) is 1.14. The monoisotopic (exact) mass is 234 g/mol. The van der Waals surface area contributed by atoms with Gasteiger partial charge in [-0.2, -0.15) is 0 Å². The fourth-order valence-electron chi connectivity index (χ4n) is 0.819. The summed E-state index contributed by atoms with van der Waals surface area (Å²) in [6.45, 7) is 2.75. The zero-order chi connectivity index (χ0) is 8.97. The summed E-state index contributed by atoms with van der Waals surface area (Å²) < 4.78 is 10.8. The van der Waals surface area contributed by atoms with Crippen LogP contribution in [-0.2, 0) is 4.74 Å². The normalized spacial score (nSPS) is 13.2. The van der Waals surface area contributed by atoms with Crippen molar-refractivity contribution in [2.75, 3.05) is 13.2 Å². The van der Waals surface area contributed by atoms with Crippen LogP contribution in [0.2, 0.25) is 0 Å². The van der Waals surface area contributed by atoms with Crippen molar-refractivity contribution in [3.8, 4) is 0 Å². The maximum Gasteiger partial charge on any atom is 0.169 e. The standard InChI is InChI=1S/C8H11BrO3/c1-2-11-5-6(10)7-3-4-8(9)12-7/h3-4,6,10H,2,5H2,1H3. The molecule has 1 atom stereocenters. The van der Waals surface area contributed by atoms with E-state index in [1.807, 2.05) is 6.92 Å². The van der Waals surface area contributed by atoms with Crippen molar-refractivity contribution >= 4 is 15.9 Å². The molecule has 0 fully saturated rings. The minimum atomic E-state index is -0.670. The molecular formula is C8H11BrO3. The lowest BCUT2D eigenvalue weighted by molar-refractivity contribution is 0.0299. The Balaban J connectivity index is 2.47. The molecule has 0 aromatic carbocycles. The summed E-state index contributed by atoms with van der Waals surface area (Å²) in [6, 6.07) is 3.46. The summed E-state index contributed by atoms with van der Waals surface area (Å²) in [5.41, 5.74) is 0. The van der Waals surface area contributed by atoms with Gasteiger partial charge < -0.3 is 14.3 Å². The topological polar surface area (TPSA) is 42.6 Å². The van der Waals surface area contributed by atoms with E-state index in [9.17, 15) is 5.11 Å². The Bertz CT molecular complexity index is 234. The first kappa shape index (κ1) is 9.77. The van der Waals surface area contributed by atoms with Gasteiger partial charge in [-0.1, -0.05) is 0 Å². The number of ether oxygens (including phenoxy) is 1. The van der Waals surface area contributed by atoms with E-state index in [0.717, 1.165) is 0 Å². The molecule has 0 aliphatic carbocycles. The van der Waals surface area contributed by atoms with Crippen LogP contribution in [0.4, 0.5) is 0 Å². The Kier molecular flexibility index (Phi) is 3.78. The molecule has 1 rings (SSSR count). The molecule has 1 aromatic rings. The third-order valence-corrected chi connectivity index (χ3v) is 1.83. The van der Waals surface area contributed by atoms with Gasteiger partial charge in [0.25, 0.3) is 0 Å². The van der Waals surface area contributed by atoms with Gasteiger partial charge in [0.05, 0.1) is 6.61 Å². The molecule has 0 saturated carbocycles. The number of furan rings is 1. The molecule has 0 radical (unpaired) electrons. The molecule has 1 aromatic heterocycles. The van der Waals surface area contributed by atoms with E-state index in [0.29, 0.717) is 17.0 Å². The van der Waals surface area contributed by atoms with Crippen molar-refractivity contribution in [1.82, 2.24) is 0 Å². The second kappa shape index (κ2) is 4.64. The van der Waals surface area contributed by atoms with Crippen LogP contribution < -0.4 is 0 Å². The first-order valence-electron chi connectivity index (χ1n) is 3.75. The van der Waals surface area contributed by atoms with Gasteiger partial charge >= 0.3 is 0 Å². The molecule has 0 spiro atoms. The molecule has 68 valence electrons. The lowest BCUT2D eigenvalue weighted by atomic mass is 10.3. The highest BCUT2D eigenvalue weighted by Crippen LogP contribution is 2.20. The molecule has 0 aliphatic rings. The summed E-state index contributed by atoms with van der Waals surface area (Å²) >= 11 is 3.15. The summed E-state index contributed by atoms with van der Waals surface area (Å²) in [6.07, 6.45) is -0.670. The van der Waals surface area contributed by atoms with Crippen LogP contribution in [0.15, 0.2) is 21.2 Å². The van der Waals surface area contributed by atoms with Crippen LogP contribution in [0, 0.1) is 0 Å². The number of rotatable bonds is 4. The highest BCUT2D eigenvalue weighted by molar-refractivity contribution is 9.10. The maximum atomic E-state index is 9.43. The first-order chi connectivity index (χ1) is 5.74. The second-order valence-electron chi connectivity index (χ2n) is 2.32. The Morgan fingerprint density at radius 3 is 2.92 bits per heavy atom. The van der Waals surface area contributed by atoms with Crippen LogP contribution in [0.5, 0.6) is 0 Å². The van der Waals surface area contributed by atoms with E-state index in [1.165, 1.54) is 0 Å². The lowest BCUT2D eigenvalue weighted by Crippen LogP contribution is -2.05. The fraction of sp³-hybridized carbons (Fsp3) is 0.500. The maximum absolute atomic E-state index is 9.43. The van der Waals surface area contributed by atoms with Gasteiger partial charge in [-0.25, -0.2) is 0 Å². The Labute approximate surface area is 79.5 Å². The number of halogens is 1. The van der Waals surface area contributed by atoms with Gasteiger partial charge in [0.15, 0.2) is 4.67 Å². The molecule has 0 bridgehead atoms. The van der Waals surface area contributed by atoms with Crippen LogP contribution in [-0.4, -0.2) is 18.3 Å². The number of aliphatic hydroxyl groups is 1. The summed E-state index contributed by atoms with van der Waals surface area (Å²) in [4.78, 5) is 0. The van der Waals surface area contributed by atoms with Crippen molar-refractivity contribution in [1.29, 1.82) is 0 Å². The van der Waals surface area contributed by atoms with E-state index in [2.05, 4.69) is 15.9 Å². The van der Waals surface area contributed by atoms with Gasteiger partial charge in [0, 0.05) is 6.61 Å². The van der Waals surface area contributed by atoms with Crippen LogP contribution in [0.1, 0.15) is 18.8 Å². The highest BCUT2D eigenvalue weighted by Gasteiger charge is 2.10. The van der Waals surface area contributed by atoms with Gasteiger partial charge in [-0.05, 0) is 35.0 Å². The zero-order valence-electron chi connectivity index (χ0n) is 6.79. The minimum Gasteiger partial charge on any atom is -0.452 e. The molecular weight excluding hydrogens is 224 g/mol. The van der Waals surface area contributed by atoms with Crippen molar-refractivity contribution in [2.24, 2.45) is 0 Å². The number of hydrogen-bond acceptors (Lipinski definition) is 3. The zero-order valence-corrected chi connectivity index (χ0v) is 8.37. The second-order valence-corrected chi connectivity index (χ2v) is 3.10. The number of aliphatic hydroxyl groups excluding tert-OH is 1. The Hall–Kier alpha value is -0.320. The molecule has 12 heavy (non-hydrogen) atoms. The van der Waals surface area contributed by atoms with Crippen molar-refractivity contribution < 1.29 is 14.3 Å². The molecule has 3 nitrogen and oxygen atoms in total. The molecule has 1 N–H and O–H groups in total. The third kappa shape index (κ3) is 2.62. The van der Waals surface area contributed by atoms with Crippen LogP contribution >= 0.6 is 15.9 Å². The van der Waals surface area contributed by atoms with E-state index >= 15 is 0 Å². The van der Waals surface area contributed by atoms with Gasteiger partial charge in [-0.3, -0.25) is 0 Å². The first-order valence-corrected chi connectivity index (χ1v) is 4.54. The van der Waals surface area contributed by atoms with E-state index in [1.54, 1.807) is 12.1 Å². The average molecular weight is 235 g/mol. The van der Waals surface area contributed by atoms with Gasteiger partial charge in [0.2, 0.25) is 0 Å². The molecule has 1 heterocycles. The average Bonchev–Trinajstić information content (AvgIpc) is 2.47. The van der Waals surface area contributed by atoms with Crippen LogP contribution in [0.3, 0.4) is 0 Å². The van der Waals surface area contributed by atoms with Gasteiger partial charge in [0.1, 0.15) is 11.9 Å². The molecule has 0 aliphatic heterocycles. The molecule has 0 saturated heterocycles. The van der Waals surface area contributed by atoms with Gasteiger partial charge in [-0.15, -0.1) is 0 Å². The van der Waals surface area contributed by atoms with Crippen molar-refractivity contribution in [3.63, 3.8) is 0 Å². The van der Waals surface area contributed by atoms with Crippen molar-refractivity contribution in [3.05, 3.63) is 22.6 Å². The molecule has 4 heteroatoms. The smallest absolute Gasteiger partial charge is 0.169 e. The highest BCUT2D eigenvalue weighted by atomic mass is 79.9. The summed E-state index contributed by atoms with van der Waals surface area (Å²) in [7, 11) is 0. The molecule has 0 amide bonds. The van der Waals surface area contributed by atoms with Crippen LogP contribution in [0.25, 0.3) is 0 Å². The van der Waals surface area contributed by atoms with E-state index in [4.69, 9.17) is 9.15 Å².